The lowest BCUT2D eigenvalue weighted by Gasteiger charge is -2.10. The Morgan fingerprint density at radius 2 is 1.69 bits per heavy atom. The van der Waals surface area contributed by atoms with Crippen LogP contribution in [0.15, 0.2) is 105 Å². The van der Waals surface area contributed by atoms with Crippen molar-refractivity contribution < 1.29 is 23.5 Å². The number of ether oxygens (including phenoxy) is 2. The molecule has 3 aromatic carbocycles. The van der Waals surface area contributed by atoms with Gasteiger partial charge in [0, 0.05) is 27.1 Å². The van der Waals surface area contributed by atoms with Crippen molar-refractivity contribution in [1.29, 1.82) is 0 Å². The molecule has 0 atom stereocenters. The topological polar surface area (TPSA) is 95.1 Å². The first-order valence-corrected chi connectivity index (χ1v) is 13.9. The zero-order valence-electron chi connectivity index (χ0n) is 23.3. The number of nitrogens with zero attached hydrogens (tertiary/aromatic N) is 2. The molecule has 5 rings (SSSR count). The number of rotatable bonds is 9. The zero-order valence-corrected chi connectivity index (χ0v) is 24.8. The van der Waals surface area contributed by atoms with Gasteiger partial charge in [-0.2, -0.15) is 5.10 Å². The zero-order chi connectivity index (χ0) is 29.6. The Morgan fingerprint density at radius 3 is 2.43 bits per heavy atom. The van der Waals surface area contributed by atoms with Crippen LogP contribution in [0.25, 0.3) is 5.69 Å². The van der Waals surface area contributed by atoms with Crippen molar-refractivity contribution in [3.05, 3.63) is 135 Å². The summed E-state index contributed by atoms with van der Waals surface area (Å²) in [6, 6.07) is 27.4. The summed E-state index contributed by atoms with van der Waals surface area (Å²) >= 11 is 3.41. The number of carbonyl (C=O) groups excluding carboxylic acids is 2. The summed E-state index contributed by atoms with van der Waals surface area (Å²) in [5.41, 5.74) is 7.69. The smallest absolute Gasteiger partial charge is 0.343 e. The van der Waals surface area contributed by atoms with Crippen molar-refractivity contribution in [2.45, 2.75) is 27.4 Å². The van der Waals surface area contributed by atoms with Crippen LogP contribution >= 0.6 is 15.9 Å². The minimum Gasteiger partial charge on any atom is -0.486 e. The van der Waals surface area contributed by atoms with E-state index in [0.717, 1.165) is 27.1 Å². The average Bonchev–Trinajstić information content (AvgIpc) is 3.59. The SMILES string of the molecule is Cc1cccc(C(=O)Oc2ccc(Br)cc2/C=N\NC(=O)c2ccc(COc3ccc(-n4c(C)ccc4C)cc3)o2)c1. The minimum absolute atomic E-state index is 0.0833. The number of carbonyl (C=O) groups is 2. The van der Waals surface area contributed by atoms with E-state index in [0.29, 0.717) is 28.4 Å². The maximum atomic E-state index is 12.6. The molecule has 1 amide bonds. The van der Waals surface area contributed by atoms with Crippen molar-refractivity contribution in [3.63, 3.8) is 0 Å². The van der Waals surface area contributed by atoms with Crippen LogP contribution in [0.1, 0.15) is 49.2 Å². The summed E-state index contributed by atoms with van der Waals surface area (Å²) in [6.07, 6.45) is 1.40. The van der Waals surface area contributed by atoms with Crippen LogP contribution < -0.4 is 14.9 Å². The van der Waals surface area contributed by atoms with E-state index in [9.17, 15) is 9.59 Å². The number of nitrogens with one attached hydrogen (secondary N) is 1. The fourth-order valence-corrected chi connectivity index (χ4v) is 4.74. The molecule has 1 N–H and O–H groups in total. The lowest BCUT2D eigenvalue weighted by molar-refractivity contribution is 0.0734. The summed E-state index contributed by atoms with van der Waals surface area (Å²) in [5, 5.41) is 4.03. The average molecular weight is 627 g/mol. The number of aromatic nitrogens is 1. The summed E-state index contributed by atoms with van der Waals surface area (Å²) in [5.74, 6) is 0.523. The molecule has 2 heterocycles. The van der Waals surface area contributed by atoms with Gasteiger partial charge >= 0.3 is 11.9 Å². The van der Waals surface area contributed by atoms with Gasteiger partial charge in [0.15, 0.2) is 5.76 Å². The highest BCUT2D eigenvalue weighted by molar-refractivity contribution is 9.10. The second kappa shape index (κ2) is 12.7. The molecule has 42 heavy (non-hydrogen) atoms. The minimum atomic E-state index is -0.535. The van der Waals surface area contributed by atoms with E-state index in [2.05, 4.69) is 57.0 Å². The Morgan fingerprint density at radius 1 is 0.929 bits per heavy atom. The van der Waals surface area contributed by atoms with Crippen molar-refractivity contribution >= 4 is 34.0 Å². The lowest BCUT2D eigenvalue weighted by atomic mass is 10.1. The van der Waals surface area contributed by atoms with Gasteiger partial charge < -0.3 is 18.5 Å². The highest BCUT2D eigenvalue weighted by Gasteiger charge is 2.14. The molecule has 8 nitrogen and oxygen atoms in total. The van der Waals surface area contributed by atoms with Crippen molar-refractivity contribution in [2.75, 3.05) is 0 Å². The molecule has 0 fully saturated rings. The number of hydrogen-bond donors (Lipinski definition) is 1. The lowest BCUT2D eigenvalue weighted by Crippen LogP contribution is -2.17. The third-order valence-electron chi connectivity index (χ3n) is 6.43. The summed E-state index contributed by atoms with van der Waals surface area (Å²) in [6.45, 7) is 6.19. The highest BCUT2D eigenvalue weighted by atomic mass is 79.9. The van der Waals surface area contributed by atoms with Gasteiger partial charge in [-0.15, -0.1) is 0 Å². The number of hydrogen-bond acceptors (Lipinski definition) is 6. The number of benzene rings is 3. The van der Waals surface area contributed by atoms with Gasteiger partial charge in [-0.25, -0.2) is 10.2 Å². The monoisotopic (exact) mass is 625 g/mol. The van der Waals surface area contributed by atoms with E-state index in [1.54, 1.807) is 48.5 Å². The first kappa shape index (κ1) is 28.6. The third kappa shape index (κ3) is 6.87. The molecular weight excluding hydrogens is 598 g/mol. The number of aryl methyl sites for hydroxylation is 3. The fourth-order valence-electron chi connectivity index (χ4n) is 4.36. The first-order chi connectivity index (χ1) is 20.3. The maximum absolute atomic E-state index is 12.6. The number of halogens is 1. The Bertz CT molecular complexity index is 1750. The van der Waals surface area contributed by atoms with Gasteiger partial charge in [0.1, 0.15) is 23.9 Å². The van der Waals surface area contributed by atoms with Gasteiger partial charge in [0.25, 0.3) is 0 Å². The number of amides is 1. The van der Waals surface area contributed by atoms with Crippen LogP contribution in [-0.2, 0) is 6.61 Å². The van der Waals surface area contributed by atoms with E-state index in [-0.39, 0.29) is 12.4 Å². The molecule has 0 aliphatic heterocycles. The van der Waals surface area contributed by atoms with Gasteiger partial charge in [0.2, 0.25) is 0 Å². The van der Waals surface area contributed by atoms with Gasteiger partial charge in [0.05, 0.1) is 11.8 Å². The summed E-state index contributed by atoms with van der Waals surface area (Å²) < 4.78 is 20.0. The van der Waals surface area contributed by atoms with Crippen molar-refractivity contribution in [1.82, 2.24) is 9.99 Å². The predicted octanol–water partition coefficient (Wildman–Crippen LogP) is 7.32. The van der Waals surface area contributed by atoms with Crippen LogP contribution in [0.3, 0.4) is 0 Å². The van der Waals surface area contributed by atoms with E-state index >= 15 is 0 Å². The molecule has 0 saturated carbocycles. The Balaban J connectivity index is 1.17. The summed E-state index contributed by atoms with van der Waals surface area (Å²) in [4.78, 5) is 25.3. The van der Waals surface area contributed by atoms with Crippen LogP contribution in [-0.4, -0.2) is 22.7 Å². The number of furan rings is 1. The quantitative estimate of drug-likeness (QED) is 0.0801. The highest BCUT2D eigenvalue weighted by Crippen LogP contribution is 2.24. The molecular formula is C33H28BrN3O5. The van der Waals surface area contributed by atoms with E-state index in [4.69, 9.17) is 13.9 Å². The summed E-state index contributed by atoms with van der Waals surface area (Å²) in [7, 11) is 0. The molecule has 0 aliphatic rings. The van der Waals surface area contributed by atoms with Crippen LogP contribution in [0.4, 0.5) is 0 Å². The van der Waals surface area contributed by atoms with Gasteiger partial charge in [-0.05, 0) is 99.6 Å². The van der Waals surface area contributed by atoms with Crippen LogP contribution in [0, 0.1) is 20.8 Å². The molecule has 9 heteroatoms. The second-order valence-corrected chi connectivity index (χ2v) is 10.6. The van der Waals surface area contributed by atoms with Crippen LogP contribution in [0.5, 0.6) is 11.5 Å². The molecule has 0 radical (unpaired) electrons. The predicted molar refractivity (Wildman–Crippen MR) is 164 cm³/mol. The van der Waals surface area contributed by atoms with E-state index in [1.165, 1.54) is 6.21 Å². The van der Waals surface area contributed by atoms with E-state index < -0.39 is 11.9 Å². The Hall–Kier alpha value is -4.89. The molecule has 2 aromatic heterocycles. The number of esters is 1. The fraction of sp³-hybridized carbons (Fsp3) is 0.121. The molecule has 5 aromatic rings. The standard InChI is InChI=1S/C33H28BrN3O5/c1-21-5-4-6-24(17-21)33(39)42-30-15-9-26(34)18-25(30)19-35-36-32(38)31-16-14-29(41-31)20-40-28-12-10-27(11-13-28)37-22(2)7-8-23(37)3/h4-19H,20H2,1-3H3,(H,36,38)/b35-19-. The number of hydrazone groups is 1. The largest absolute Gasteiger partial charge is 0.486 e. The van der Waals surface area contributed by atoms with Gasteiger partial charge in [-0.1, -0.05) is 33.6 Å². The molecule has 0 aliphatic carbocycles. The molecule has 0 saturated heterocycles. The Labute approximate surface area is 251 Å². The van der Waals surface area contributed by atoms with Crippen molar-refractivity contribution in [2.24, 2.45) is 5.10 Å². The first-order valence-electron chi connectivity index (χ1n) is 13.2. The second-order valence-electron chi connectivity index (χ2n) is 9.64. The Kier molecular flexibility index (Phi) is 8.68. The van der Waals surface area contributed by atoms with E-state index in [1.807, 2.05) is 37.3 Å². The van der Waals surface area contributed by atoms with Gasteiger partial charge in [-0.3, -0.25) is 4.79 Å². The molecule has 0 unspecified atom stereocenters. The van der Waals surface area contributed by atoms with Crippen molar-refractivity contribution in [3.8, 4) is 17.2 Å². The van der Waals surface area contributed by atoms with Crippen LogP contribution in [0.2, 0.25) is 0 Å². The molecule has 0 spiro atoms. The third-order valence-corrected chi connectivity index (χ3v) is 6.92. The maximum Gasteiger partial charge on any atom is 0.343 e. The molecule has 0 bridgehead atoms. The molecule has 212 valence electrons. The normalized spacial score (nSPS) is 11.0.